The molecule has 1 saturated carbocycles. The average Bonchev–Trinajstić information content (AvgIpc) is 3.26. The highest BCUT2D eigenvalue weighted by molar-refractivity contribution is 6.36. The molecule has 204 valence electrons. The van der Waals surface area contributed by atoms with Crippen LogP contribution in [0.5, 0.6) is 0 Å². The lowest BCUT2D eigenvalue weighted by atomic mass is 9.92. The maximum Gasteiger partial charge on any atom is 0.253 e. The van der Waals surface area contributed by atoms with E-state index in [2.05, 4.69) is 0 Å². The van der Waals surface area contributed by atoms with Crippen molar-refractivity contribution in [2.24, 2.45) is 5.92 Å². The Balaban J connectivity index is 1.24. The zero-order valence-electron chi connectivity index (χ0n) is 21.1. The first-order valence-corrected chi connectivity index (χ1v) is 14.1. The summed E-state index contributed by atoms with van der Waals surface area (Å²) in [6.45, 7) is 0.819. The van der Waals surface area contributed by atoms with Crippen LogP contribution in [0.15, 0.2) is 36.4 Å². The van der Waals surface area contributed by atoms with E-state index in [1.165, 1.54) is 4.90 Å². The fourth-order valence-corrected chi connectivity index (χ4v) is 6.56. The van der Waals surface area contributed by atoms with E-state index in [-0.39, 0.29) is 55.8 Å². The quantitative estimate of drug-likeness (QED) is 0.468. The summed E-state index contributed by atoms with van der Waals surface area (Å²) >= 11 is 13.3. The molecule has 0 spiro atoms. The molecule has 2 amide bonds. The monoisotopic (exact) mass is 564 g/mol. The van der Waals surface area contributed by atoms with Gasteiger partial charge in [0.2, 0.25) is 5.91 Å². The second kappa shape index (κ2) is 11.1. The number of halogens is 4. The van der Waals surface area contributed by atoms with Crippen molar-refractivity contribution in [2.75, 3.05) is 19.6 Å². The molecule has 0 aromatic heterocycles. The Kier molecular flexibility index (Phi) is 7.99. The minimum Gasteiger partial charge on any atom is -0.393 e. The number of hydrogen-bond donors (Lipinski definition) is 1. The van der Waals surface area contributed by atoms with E-state index in [4.69, 9.17) is 23.2 Å². The molecular formula is C29H32Cl2F2N2O3. The van der Waals surface area contributed by atoms with Crippen molar-refractivity contribution in [3.8, 4) is 11.1 Å². The maximum absolute atomic E-state index is 13.4. The molecule has 2 aromatic carbocycles. The Morgan fingerprint density at radius 2 is 1.53 bits per heavy atom. The number of carbonyl (C=O) groups excluding carboxylic acids is 2. The topological polar surface area (TPSA) is 60.9 Å². The highest BCUT2D eigenvalue weighted by Gasteiger charge is 2.38. The first kappa shape index (κ1) is 27.4. The number of rotatable bonds is 5. The van der Waals surface area contributed by atoms with E-state index in [1.54, 1.807) is 24.3 Å². The molecule has 1 aliphatic carbocycles. The zero-order chi connectivity index (χ0) is 27.0. The van der Waals surface area contributed by atoms with Crippen LogP contribution in [0, 0.1) is 5.92 Å². The van der Waals surface area contributed by atoms with Crippen LogP contribution in [0.2, 0.25) is 10.0 Å². The first-order valence-electron chi connectivity index (χ1n) is 13.4. The van der Waals surface area contributed by atoms with Crippen LogP contribution >= 0.6 is 23.2 Å². The number of aliphatic hydroxyl groups is 1. The molecule has 5 nitrogen and oxygen atoms in total. The molecule has 0 radical (unpaired) electrons. The van der Waals surface area contributed by atoms with Crippen molar-refractivity contribution < 1.29 is 23.5 Å². The third kappa shape index (κ3) is 5.85. The summed E-state index contributed by atoms with van der Waals surface area (Å²) in [5.41, 5.74) is 2.82. The second-order valence-electron chi connectivity index (χ2n) is 10.8. The molecule has 3 aliphatic rings. The number of alkyl halides is 2. The largest absolute Gasteiger partial charge is 0.393 e. The van der Waals surface area contributed by atoms with Crippen LogP contribution in [-0.2, 0) is 11.2 Å². The molecule has 38 heavy (non-hydrogen) atoms. The standard InChI is InChI=1S/C29H32Cl2F2N2O3/c30-25-16-21(18-1-3-19(4-2-18)27(37)34-13-10-29(32,33)11-14-34)17-26(31)24(25)15-20-9-12-35(28(20)38)22-5-7-23(36)8-6-22/h1-4,16-17,20,22-23,36H,5-15H2. The summed E-state index contributed by atoms with van der Waals surface area (Å²) in [6.07, 6.45) is 3.53. The number of nitrogens with zero attached hydrogens (tertiary/aromatic N) is 2. The molecule has 1 atom stereocenters. The molecule has 1 N–H and O–H groups in total. The van der Waals surface area contributed by atoms with E-state index < -0.39 is 5.92 Å². The highest BCUT2D eigenvalue weighted by Crippen LogP contribution is 2.37. The summed E-state index contributed by atoms with van der Waals surface area (Å²) in [5.74, 6) is -2.98. The summed E-state index contributed by atoms with van der Waals surface area (Å²) in [5, 5.41) is 10.8. The Hall–Kier alpha value is -2.22. The number of aliphatic hydroxyl groups excluding tert-OH is 1. The van der Waals surface area contributed by atoms with Crippen molar-refractivity contribution >= 4 is 35.0 Å². The minimum absolute atomic E-state index is 0.0469. The maximum atomic E-state index is 13.4. The van der Waals surface area contributed by atoms with E-state index in [0.717, 1.165) is 55.3 Å². The van der Waals surface area contributed by atoms with Crippen molar-refractivity contribution in [3.05, 3.63) is 57.6 Å². The molecule has 9 heteroatoms. The van der Waals surface area contributed by atoms with Gasteiger partial charge in [-0.1, -0.05) is 35.3 Å². The van der Waals surface area contributed by atoms with E-state index in [0.29, 0.717) is 22.0 Å². The van der Waals surface area contributed by atoms with Crippen LogP contribution in [0.25, 0.3) is 11.1 Å². The van der Waals surface area contributed by atoms with Gasteiger partial charge in [-0.25, -0.2) is 8.78 Å². The molecular weight excluding hydrogens is 533 g/mol. The van der Waals surface area contributed by atoms with Crippen LogP contribution in [0.4, 0.5) is 8.78 Å². The Bertz CT molecular complexity index is 1170. The summed E-state index contributed by atoms with van der Waals surface area (Å²) in [6, 6.07) is 10.8. The summed E-state index contributed by atoms with van der Waals surface area (Å²) < 4.78 is 26.9. The van der Waals surface area contributed by atoms with Gasteiger partial charge in [0.05, 0.1) is 6.10 Å². The molecule has 2 aromatic rings. The molecule has 2 saturated heterocycles. The highest BCUT2D eigenvalue weighted by atomic mass is 35.5. The number of benzene rings is 2. The minimum atomic E-state index is -2.70. The second-order valence-corrected chi connectivity index (χ2v) is 11.6. The fraction of sp³-hybridized carbons (Fsp3) is 0.517. The van der Waals surface area contributed by atoms with Crippen molar-refractivity contribution in [3.63, 3.8) is 0 Å². The third-order valence-corrected chi connectivity index (χ3v) is 8.97. The van der Waals surface area contributed by atoms with Crippen molar-refractivity contribution in [2.45, 2.75) is 69.4 Å². The Morgan fingerprint density at radius 3 is 2.13 bits per heavy atom. The van der Waals surface area contributed by atoms with Gasteiger partial charge in [-0.2, -0.15) is 0 Å². The normalized spacial score (nSPS) is 25.6. The van der Waals surface area contributed by atoms with Gasteiger partial charge in [0.1, 0.15) is 0 Å². The van der Waals surface area contributed by atoms with Gasteiger partial charge in [-0.15, -0.1) is 0 Å². The summed E-state index contributed by atoms with van der Waals surface area (Å²) in [4.78, 5) is 29.3. The molecule has 2 aliphatic heterocycles. The molecule has 0 bridgehead atoms. The van der Waals surface area contributed by atoms with E-state index in [9.17, 15) is 23.5 Å². The lowest BCUT2D eigenvalue weighted by molar-refractivity contribution is -0.133. The van der Waals surface area contributed by atoms with Crippen LogP contribution in [0.1, 0.15) is 60.9 Å². The number of carbonyl (C=O) groups is 2. The third-order valence-electron chi connectivity index (χ3n) is 8.30. The van der Waals surface area contributed by atoms with Gasteiger partial charge in [0.25, 0.3) is 11.8 Å². The predicted octanol–water partition coefficient (Wildman–Crippen LogP) is 6.23. The molecule has 1 unspecified atom stereocenters. The number of hydrogen-bond acceptors (Lipinski definition) is 3. The van der Waals surface area contributed by atoms with Crippen LogP contribution in [-0.4, -0.2) is 64.4 Å². The van der Waals surface area contributed by atoms with Gasteiger partial charge in [0, 0.05) is 60.0 Å². The van der Waals surface area contributed by atoms with Crippen molar-refractivity contribution in [1.82, 2.24) is 9.80 Å². The van der Waals surface area contributed by atoms with Crippen LogP contribution in [0.3, 0.4) is 0 Å². The molecule has 5 rings (SSSR count). The van der Waals surface area contributed by atoms with Gasteiger partial charge in [0.15, 0.2) is 0 Å². The average molecular weight is 565 g/mol. The van der Waals surface area contributed by atoms with Gasteiger partial charge in [-0.05, 0) is 79.5 Å². The number of piperidine rings is 1. The van der Waals surface area contributed by atoms with Crippen molar-refractivity contribution in [1.29, 1.82) is 0 Å². The predicted molar refractivity (Wildman–Crippen MR) is 144 cm³/mol. The SMILES string of the molecule is O=C(c1ccc(-c2cc(Cl)c(CC3CCN(C4CCC(O)CC4)C3=O)c(Cl)c2)cc1)N1CCC(F)(F)CC1. The van der Waals surface area contributed by atoms with Crippen LogP contribution < -0.4 is 0 Å². The summed E-state index contributed by atoms with van der Waals surface area (Å²) in [7, 11) is 0. The lowest BCUT2D eigenvalue weighted by Crippen LogP contribution is -2.42. The van der Waals surface area contributed by atoms with Gasteiger partial charge >= 0.3 is 0 Å². The first-order chi connectivity index (χ1) is 18.1. The number of likely N-dealkylation sites (tertiary alicyclic amines) is 2. The fourth-order valence-electron chi connectivity index (χ4n) is 5.92. The number of amides is 2. The van der Waals surface area contributed by atoms with E-state index >= 15 is 0 Å². The Labute approximate surface area is 231 Å². The lowest BCUT2D eigenvalue weighted by Gasteiger charge is -2.33. The zero-order valence-corrected chi connectivity index (χ0v) is 22.7. The smallest absolute Gasteiger partial charge is 0.253 e. The molecule has 3 fully saturated rings. The van der Waals surface area contributed by atoms with Gasteiger partial charge < -0.3 is 14.9 Å². The molecule has 2 heterocycles. The van der Waals surface area contributed by atoms with Gasteiger partial charge in [-0.3, -0.25) is 9.59 Å². The Morgan fingerprint density at radius 1 is 0.921 bits per heavy atom. The van der Waals surface area contributed by atoms with E-state index in [1.807, 2.05) is 17.0 Å².